The molecule has 3 aromatic rings. The van der Waals surface area contributed by atoms with Crippen LogP contribution in [0.2, 0.25) is 0 Å². The van der Waals surface area contributed by atoms with Crippen LogP contribution in [0.3, 0.4) is 0 Å². The number of anilines is 3. The lowest BCUT2D eigenvalue weighted by Gasteiger charge is -2.41. The first-order chi connectivity index (χ1) is 14.1. The average molecular weight is 395 g/mol. The van der Waals surface area contributed by atoms with Gasteiger partial charge in [0.15, 0.2) is 0 Å². The summed E-state index contributed by atoms with van der Waals surface area (Å²) in [6, 6.07) is 8.70. The molecule has 2 heterocycles. The molecule has 1 saturated carbocycles. The first kappa shape index (κ1) is 18.9. The van der Waals surface area contributed by atoms with Gasteiger partial charge in [0.1, 0.15) is 11.6 Å². The van der Waals surface area contributed by atoms with Crippen LogP contribution >= 0.6 is 0 Å². The molecule has 6 nitrogen and oxygen atoms in total. The van der Waals surface area contributed by atoms with Gasteiger partial charge in [-0.15, -0.1) is 0 Å². The Labute approximate surface area is 166 Å². The van der Waals surface area contributed by atoms with Gasteiger partial charge in [-0.3, -0.25) is 14.7 Å². The van der Waals surface area contributed by atoms with Crippen LogP contribution in [0.4, 0.5) is 26.1 Å². The molecular weight excluding hydrogens is 376 g/mol. The van der Waals surface area contributed by atoms with Crippen molar-refractivity contribution in [3.05, 3.63) is 72.3 Å². The Morgan fingerprint density at radius 2 is 1.86 bits per heavy atom. The van der Waals surface area contributed by atoms with Gasteiger partial charge in [-0.2, -0.15) is 0 Å². The molecule has 0 aliphatic heterocycles. The Balaban J connectivity index is 1.48. The molecule has 1 amide bonds. The second-order valence-electron chi connectivity index (χ2n) is 7.04. The highest BCUT2D eigenvalue weighted by Gasteiger charge is 2.41. The maximum absolute atomic E-state index is 14.2. The van der Waals surface area contributed by atoms with Crippen LogP contribution in [0.1, 0.15) is 25.0 Å². The molecule has 1 aliphatic carbocycles. The topological polar surface area (TPSA) is 71.0 Å². The van der Waals surface area contributed by atoms with Crippen molar-refractivity contribution in [3.8, 4) is 0 Å². The zero-order chi connectivity index (χ0) is 20.3. The van der Waals surface area contributed by atoms with Gasteiger partial charge < -0.3 is 5.32 Å². The number of rotatable bonds is 7. The van der Waals surface area contributed by atoms with E-state index in [0.29, 0.717) is 36.0 Å². The largest absolute Gasteiger partial charge is 0.353 e. The lowest BCUT2D eigenvalue weighted by atomic mass is 9.66. The molecule has 1 N–H and O–H groups in total. The van der Waals surface area contributed by atoms with Gasteiger partial charge in [-0.05, 0) is 43.2 Å². The quantitative estimate of drug-likeness (QED) is 0.613. The van der Waals surface area contributed by atoms with Gasteiger partial charge in [0.25, 0.3) is 0 Å². The zero-order valence-corrected chi connectivity index (χ0v) is 15.6. The molecule has 0 atom stereocenters. The Bertz CT molecular complexity index is 1010. The van der Waals surface area contributed by atoms with Crippen LogP contribution in [0.25, 0.3) is 0 Å². The van der Waals surface area contributed by atoms with E-state index in [2.05, 4.69) is 20.3 Å². The Morgan fingerprint density at radius 1 is 1.07 bits per heavy atom. The molecule has 0 spiro atoms. The second-order valence-corrected chi connectivity index (χ2v) is 7.04. The Hall–Kier alpha value is -3.42. The fourth-order valence-electron chi connectivity index (χ4n) is 3.56. The number of benzene rings is 1. The van der Waals surface area contributed by atoms with Crippen LogP contribution in [0, 0.1) is 11.6 Å². The SMILES string of the molecule is O=CN(c1cnc(NCC2(c3ncccc3F)CCC2)nc1)c1cccc(F)c1. The van der Waals surface area contributed by atoms with E-state index in [9.17, 15) is 13.6 Å². The molecule has 0 saturated heterocycles. The highest BCUT2D eigenvalue weighted by molar-refractivity contribution is 5.85. The minimum atomic E-state index is -0.443. The third-order valence-corrected chi connectivity index (χ3v) is 5.26. The van der Waals surface area contributed by atoms with Gasteiger partial charge in [0, 0.05) is 18.2 Å². The number of hydrogen-bond donors (Lipinski definition) is 1. The van der Waals surface area contributed by atoms with E-state index in [0.717, 1.165) is 19.3 Å². The van der Waals surface area contributed by atoms with Crippen LogP contribution in [-0.2, 0) is 10.2 Å². The van der Waals surface area contributed by atoms with Gasteiger partial charge in [0.2, 0.25) is 12.4 Å². The average Bonchev–Trinajstić information content (AvgIpc) is 2.70. The molecule has 1 aliphatic rings. The van der Waals surface area contributed by atoms with E-state index in [1.54, 1.807) is 18.3 Å². The summed E-state index contributed by atoms with van der Waals surface area (Å²) in [7, 11) is 0. The van der Waals surface area contributed by atoms with Gasteiger partial charge in [-0.1, -0.05) is 12.5 Å². The summed E-state index contributed by atoms with van der Waals surface area (Å²) in [6.45, 7) is 0.460. The monoisotopic (exact) mass is 395 g/mol. The molecule has 29 heavy (non-hydrogen) atoms. The lowest BCUT2D eigenvalue weighted by molar-refractivity contribution is -0.106. The first-order valence-corrected chi connectivity index (χ1v) is 9.28. The third kappa shape index (κ3) is 3.78. The van der Waals surface area contributed by atoms with Crippen molar-refractivity contribution in [2.75, 3.05) is 16.8 Å². The van der Waals surface area contributed by atoms with E-state index < -0.39 is 5.82 Å². The minimum Gasteiger partial charge on any atom is -0.353 e. The van der Waals surface area contributed by atoms with Gasteiger partial charge in [-0.25, -0.2) is 18.7 Å². The number of aromatic nitrogens is 3. The molecule has 1 aromatic carbocycles. The van der Waals surface area contributed by atoms with Gasteiger partial charge in [0.05, 0.1) is 29.5 Å². The second kappa shape index (κ2) is 7.90. The maximum Gasteiger partial charge on any atom is 0.222 e. The number of nitrogens with zero attached hydrogens (tertiary/aromatic N) is 4. The van der Waals surface area contributed by atoms with Crippen molar-refractivity contribution in [1.82, 2.24) is 15.0 Å². The molecule has 0 bridgehead atoms. The number of amides is 1. The van der Waals surface area contributed by atoms with Crippen molar-refractivity contribution in [1.29, 1.82) is 0 Å². The van der Waals surface area contributed by atoms with Crippen molar-refractivity contribution >= 4 is 23.7 Å². The molecule has 0 unspecified atom stereocenters. The standard InChI is InChI=1S/C21H19F2N5O/c22-15-4-1-5-16(10-15)28(14-29)17-11-25-20(26-12-17)27-13-21(7-3-8-21)19-18(23)6-2-9-24-19/h1-2,4-6,9-12,14H,3,7-8,13H2,(H,25,26,27). The van der Waals surface area contributed by atoms with Crippen molar-refractivity contribution < 1.29 is 13.6 Å². The fraction of sp³-hybridized carbons (Fsp3) is 0.238. The number of nitrogens with one attached hydrogen (secondary N) is 1. The van der Waals surface area contributed by atoms with E-state index >= 15 is 0 Å². The summed E-state index contributed by atoms with van der Waals surface area (Å²) in [5.41, 5.74) is 0.881. The molecular formula is C21H19F2N5O. The fourth-order valence-corrected chi connectivity index (χ4v) is 3.56. The molecule has 1 fully saturated rings. The molecule has 148 valence electrons. The predicted octanol–water partition coefficient (Wildman–Crippen LogP) is 3.98. The van der Waals surface area contributed by atoms with Crippen LogP contribution in [0.5, 0.6) is 0 Å². The minimum absolute atomic E-state index is 0.304. The summed E-state index contributed by atoms with van der Waals surface area (Å²) in [5, 5.41) is 3.15. The number of carbonyl (C=O) groups is 1. The highest BCUT2D eigenvalue weighted by atomic mass is 19.1. The van der Waals surface area contributed by atoms with E-state index in [4.69, 9.17) is 0 Å². The number of carbonyl (C=O) groups excluding carboxylic acids is 1. The highest BCUT2D eigenvalue weighted by Crippen LogP contribution is 2.43. The van der Waals surface area contributed by atoms with Crippen molar-refractivity contribution in [2.45, 2.75) is 24.7 Å². The molecule has 2 aromatic heterocycles. The summed E-state index contributed by atoms with van der Waals surface area (Å²) in [4.78, 5) is 25.5. The number of halogens is 2. The maximum atomic E-state index is 14.2. The van der Waals surface area contributed by atoms with Crippen molar-refractivity contribution in [3.63, 3.8) is 0 Å². The van der Waals surface area contributed by atoms with Crippen LogP contribution in [-0.4, -0.2) is 27.9 Å². The lowest BCUT2D eigenvalue weighted by Crippen LogP contribution is -2.42. The normalized spacial score (nSPS) is 14.7. The predicted molar refractivity (Wildman–Crippen MR) is 105 cm³/mol. The summed E-state index contributed by atoms with van der Waals surface area (Å²) < 4.78 is 27.7. The Kier molecular flexibility index (Phi) is 5.16. The van der Waals surface area contributed by atoms with Gasteiger partial charge >= 0.3 is 0 Å². The van der Waals surface area contributed by atoms with E-state index in [1.807, 2.05) is 0 Å². The summed E-state index contributed by atoms with van der Waals surface area (Å²) in [5.74, 6) is -0.385. The number of pyridine rings is 1. The molecule has 0 radical (unpaired) electrons. The summed E-state index contributed by atoms with van der Waals surface area (Å²) >= 11 is 0. The summed E-state index contributed by atoms with van der Waals surface area (Å²) in [6.07, 6.45) is 7.82. The number of hydrogen-bond acceptors (Lipinski definition) is 5. The molecule has 8 heteroatoms. The van der Waals surface area contributed by atoms with Crippen LogP contribution < -0.4 is 10.2 Å². The smallest absolute Gasteiger partial charge is 0.222 e. The van der Waals surface area contributed by atoms with Crippen molar-refractivity contribution in [2.24, 2.45) is 0 Å². The third-order valence-electron chi connectivity index (χ3n) is 5.26. The van der Waals surface area contributed by atoms with E-state index in [-0.39, 0.29) is 11.2 Å². The Morgan fingerprint density at radius 3 is 2.48 bits per heavy atom. The van der Waals surface area contributed by atoms with Crippen LogP contribution in [0.15, 0.2) is 55.0 Å². The first-order valence-electron chi connectivity index (χ1n) is 9.28. The molecule has 4 rings (SSSR count). The van der Waals surface area contributed by atoms with E-state index in [1.165, 1.54) is 41.6 Å². The zero-order valence-electron chi connectivity index (χ0n) is 15.6.